The van der Waals surface area contributed by atoms with Crippen molar-refractivity contribution in [3.8, 4) is 0 Å². The first-order valence-corrected chi connectivity index (χ1v) is 7.35. The third kappa shape index (κ3) is 6.83. The predicted molar refractivity (Wildman–Crippen MR) is 61.4 cm³/mol. The maximum atomic E-state index is 10.7. The minimum Gasteiger partial charge on any atom is -0.314 e. The van der Waals surface area contributed by atoms with Gasteiger partial charge in [0.25, 0.3) is 0 Å². The zero-order valence-corrected chi connectivity index (χ0v) is 10.1. The molecule has 0 aromatic heterocycles. The average molecular weight is 235 g/mol. The van der Waals surface area contributed by atoms with Gasteiger partial charge in [-0.1, -0.05) is 0 Å². The summed E-state index contributed by atoms with van der Waals surface area (Å²) >= 11 is 0. The van der Waals surface area contributed by atoms with Crippen LogP contribution in [0, 0.1) is 0 Å². The topological polar surface area (TPSA) is 61.4 Å². The number of rotatable bonds is 7. The van der Waals surface area contributed by atoms with Crippen LogP contribution in [0.25, 0.3) is 0 Å². The van der Waals surface area contributed by atoms with Crippen molar-refractivity contribution in [2.45, 2.75) is 12.8 Å². The molecule has 2 N–H and O–H groups in total. The first-order chi connectivity index (χ1) is 7.08. The van der Waals surface area contributed by atoms with Crippen LogP contribution in [0.3, 0.4) is 0 Å². The lowest BCUT2D eigenvalue weighted by molar-refractivity contribution is 0.336. The Labute approximate surface area is 92.3 Å². The van der Waals surface area contributed by atoms with Crippen molar-refractivity contribution in [2.75, 3.05) is 45.5 Å². The van der Waals surface area contributed by atoms with Crippen LogP contribution in [-0.4, -0.2) is 58.8 Å². The Bertz CT molecular complexity index is 261. The third-order valence-corrected chi connectivity index (χ3v) is 3.20. The first-order valence-electron chi connectivity index (χ1n) is 5.46. The van der Waals surface area contributed by atoms with Gasteiger partial charge in [0.05, 0.1) is 6.26 Å². The van der Waals surface area contributed by atoms with Gasteiger partial charge in [0.1, 0.15) is 0 Å². The molecule has 15 heavy (non-hydrogen) atoms. The minimum atomic E-state index is -3.03. The molecule has 1 rings (SSSR count). The number of hydrogen-bond acceptors (Lipinski definition) is 4. The van der Waals surface area contributed by atoms with Gasteiger partial charge in [-0.15, -0.1) is 0 Å². The number of nitrogens with zero attached hydrogens (tertiary/aromatic N) is 1. The summed E-state index contributed by atoms with van der Waals surface area (Å²) in [6.45, 7) is 5.59. The fourth-order valence-electron chi connectivity index (χ4n) is 1.69. The van der Waals surface area contributed by atoms with Crippen LogP contribution in [-0.2, 0) is 10.0 Å². The second kappa shape index (κ2) is 6.42. The van der Waals surface area contributed by atoms with Crippen LogP contribution >= 0.6 is 0 Å². The van der Waals surface area contributed by atoms with Crippen LogP contribution in [0.5, 0.6) is 0 Å². The van der Waals surface area contributed by atoms with Gasteiger partial charge in [-0.2, -0.15) is 0 Å². The molecule has 0 unspecified atom stereocenters. The van der Waals surface area contributed by atoms with Crippen LogP contribution in [0.2, 0.25) is 0 Å². The van der Waals surface area contributed by atoms with Gasteiger partial charge in [-0.3, -0.25) is 0 Å². The lowest BCUT2D eigenvalue weighted by atomic mass is 10.4. The molecule has 0 aromatic carbocycles. The number of nitrogens with one attached hydrogen (secondary N) is 2. The Morgan fingerprint density at radius 1 is 1.13 bits per heavy atom. The molecule has 5 nitrogen and oxygen atoms in total. The van der Waals surface area contributed by atoms with Gasteiger partial charge < -0.3 is 10.2 Å². The van der Waals surface area contributed by atoms with E-state index in [4.69, 9.17) is 0 Å². The number of hydrogen-bond donors (Lipinski definition) is 2. The third-order valence-electron chi connectivity index (χ3n) is 2.47. The van der Waals surface area contributed by atoms with E-state index in [1.807, 2.05) is 0 Å². The monoisotopic (exact) mass is 235 g/mol. The highest BCUT2D eigenvalue weighted by atomic mass is 32.2. The fraction of sp³-hybridized carbons (Fsp3) is 1.00. The van der Waals surface area contributed by atoms with Crippen molar-refractivity contribution in [1.29, 1.82) is 0 Å². The van der Waals surface area contributed by atoms with Gasteiger partial charge in [-0.25, -0.2) is 13.1 Å². The summed E-state index contributed by atoms with van der Waals surface area (Å²) < 4.78 is 23.9. The van der Waals surface area contributed by atoms with E-state index in [0.29, 0.717) is 13.1 Å². The van der Waals surface area contributed by atoms with E-state index >= 15 is 0 Å². The highest BCUT2D eigenvalue weighted by Crippen LogP contribution is 2.05. The Morgan fingerprint density at radius 2 is 1.80 bits per heavy atom. The van der Waals surface area contributed by atoms with Crippen molar-refractivity contribution in [3.05, 3.63) is 0 Å². The average Bonchev–Trinajstić information content (AvgIpc) is 2.61. The Morgan fingerprint density at radius 3 is 2.40 bits per heavy atom. The maximum Gasteiger partial charge on any atom is 0.208 e. The summed E-state index contributed by atoms with van der Waals surface area (Å²) in [5, 5.41) is 3.22. The SMILES string of the molecule is CS(=O)(=O)NCCNCCN1CCCC1. The summed E-state index contributed by atoms with van der Waals surface area (Å²) in [4.78, 5) is 2.43. The van der Waals surface area contributed by atoms with Crippen molar-refractivity contribution < 1.29 is 8.42 Å². The van der Waals surface area contributed by atoms with Crippen molar-refractivity contribution in [2.24, 2.45) is 0 Å². The zero-order chi connectivity index (χ0) is 11.1. The molecule has 0 atom stereocenters. The minimum absolute atomic E-state index is 0.471. The van der Waals surface area contributed by atoms with Crippen molar-refractivity contribution >= 4 is 10.0 Å². The van der Waals surface area contributed by atoms with Crippen LogP contribution < -0.4 is 10.0 Å². The Balaban J connectivity index is 1.89. The fourth-order valence-corrected chi connectivity index (χ4v) is 2.17. The Hall–Kier alpha value is -0.170. The molecule has 1 aliphatic heterocycles. The Kier molecular flexibility index (Phi) is 5.52. The van der Waals surface area contributed by atoms with E-state index in [0.717, 1.165) is 13.1 Å². The molecule has 0 amide bonds. The second-order valence-electron chi connectivity index (χ2n) is 3.97. The van der Waals surface area contributed by atoms with E-state index in [9.17, 15) is 8.42 Å². The number of sulfonamides is 1. The normalized spacial score (nSPS) is 18.5. The molecular weight excluding hydrogens is 214 g/mol. The summed E-state index contributed by atoms with van der Waals surface area (Å²) in [5.74, 6) is 0. The highest BCUT2D eigenvalue weighted by Gasteiger charge is 2.09. The quantitative estimate of drug-likeness (QED) is 0.568. The van der Waals surface area contributed by atoms with Crippen LogP contribution in [0.15, 0.2) is 0 Å². The molecule has 0 radical (unpaired) electrons. The zero-order valence-electron chi connectivity index (χ0n) is 9.33. The molecule has 0 saturated carbocycles. The molecule has 6 heteroatoms. The van der Waals surface area contributed by atoms with E-state index < -0.39 is 10.0 Å². The van der Waals surface area contributed by atoms with Crippen LogP contribution in [0.4, 0.5) is 0 Å². The summed E-state index contributed by atoms with van der Waals surface area (Å²) in [7, 11) is -3.03. The molecule has 1 heterocycles. The molecule has 1 fully saturated rings. The lowest BCUT2D eigenvalue weighted by Gasteiger charge is -2.14. The van der Waals surface area contributed by atoms with E-state index in [1.54, 1.807) is 0 Å². The smallest absolute Gasteiger partial charge is 0.208 e. The van der Waals surface area contributed by atoms with Gasteiger partial charge in [-0.05, 0) is 25.9 Å². The molecule has 0 spiro atoms. The molecule has 1 saturated heterocycles. The van der Waals surface area contributed by atoms with E-state index in [1.165, 1.54) is 32.2 Å². The largest absolute Gasteiger partial charge is 0.314 e. The van der Waals surface area contributed by atoms with Gasteiger partial charge >= 0.3 is 0 Å². The van der Waals surface area contributed by atoms with Crippen molar-refractivity contribution in [3.63, 3.8) is 0 Å². The molecule has 90 valence electrons. The van der Waals surface area contributed by atoms with E-state index in [2.05, 4.69) is 14.9 Å². The predicted octanol–water partition coefficient (Wildman–Crippen LogP) is -0.779. The molecule has 0 aliphatic carbocycles. The molecule has 0 bridgehead atoms. The standard InChI is InChI=1S/C9H21N3O2S/c1-15(13,14)11-5-4-10-6-9-12-7-2-3-8-12/h10-11H,2-9H2,1H3. The van der Waals surface area contributed by atoms with Crippen molar-refractivity contribution in [1.82, 2.24) is 14.9 Å². The maximum absolute atomic E-state index is 10.7. The molecule has 1 aliphatic rings. The summed E-state index contributed by atoms with van der Waals surface area (Å²) in [6, 6.07) is 0. The molecular formula is C9H21N3O2S. The lowest BCUT2D eigenvalue weighted by Crippen LogP contribution is -2.35. The van der Waals surface area contributed by atoms with Crippen LogP contribution in [0.1, 0.15) is 12.8 Å². The second-order valence-corrected chi connectivity index (χ2v) is 5.80. The number of likely N-dealkylation sites (tertiary alicyclic amines) is 1. The van der Waals surface area contributed by atoms with Gasteiger partial charge in [0.15, 0.2) is 0 Å². The van der Waals surface area contributed by atoms with Gasteiger partial charge in [0.2, 0.25) is 10.0 Å². The summed E-state index contributed by atoms with van der Waals surface area (Å²) in [5.41, 5.74) is 0. The highest BCUT2D eigenvalue weighted by molar-refractivity contribution is 7.88. The van der Waals surface area contributed by atoms with Gasteiger partial charge in [0, 0.05) is 26.2 Å². The molecule has 0 aromatic rings. The summed E-state index contributed by atoms with van der Waals surface area (Å²) in [6.07, 6.45) is 3.81. The van der Waals surface area contributed by atoms with E-state index in [-0.39, 0.29) is 0 Å². The first kappa shape index (κ1) is 12.9.